The molecule has 1 saturated heterocycles. The van der Waals surface area contributed by atoms with Gasteiger partial charge in [-0.3, -0.25) is 4.79 Å². The van der Waals surface area contributed by atoms with Crippen molar-refractivity contribution in [1.82, 2.24) is 10.2 Å². The van der Waals surface area contributed by atoms with Crippen LogP contribution in [0.5, 0.6) is 0 Å². The van der Waals surface area contributed by atoms with Crippen LogP contribution in [-0.2, 0) is 4.79 Å². The highest BCUT2D eigenvalue weighted by atomic mass is 16.2. The molecule has 0 aromatic carbocycles. The molecule has 18 heavy (non-hydrogen) atoms. The fraction of sp³-hybridized carbons (Fsp3) is 0.933. The van der Waals surface area contributed by atoms with E-state index in [1.807, 2.05) is 4.90 Å². The Bertz CT molecular complexity index is 282. The van der Waals surface area contributed by atoms with Crippen LogP contribution in [0.3, 0.4) is 0 Å². The van der Waals surface area contributed by atoms with Gasteiger partial charge in [0.05, 0.1) is 6.54 Å². The number of carbonyl (C=O) groups is 1. The van der Waals surface area contributed by atoms with E-state index in [0.717, 1.165) is 13.1 Å². The van der Waals surface area contributed by atoms with Crippen molar-refractivity contribution in [2.45, 2.75) is 64.8 Å². The minimum Gasteiger partial charge on any atom is -0.342 e. The van der Waals surface area contributed by atoms with Gasteiger partial charge in [-0.1, -0.05) is 26.7 Å². The zero-order valence-electron chi connectivity index (χ0n) is 12.0. The largest absolute Gasteiger partial charge is 0.342 e. The lowest BCUT2D eigenvalue weighted by molar-refractivity contribution is -0.131. The van der Waals surface area contributed by atoms with Crippen molar-refractivity contribution >= 4 is 5.91 Å². The molecule has 0 bridgehead atoms. The average molecular weight is 252 g/mol. The van der Waals surface area contributed by atoms with Crippen LogP contribution in [-0.4, -0.2) is 36.5 Å². The number of amides is 1. The number of carbonyl (C=O) groups excluding carboxylic acids is 1. The van der Waals surface area contributed by atoms with E-state index in [-0.39, 0.29) is 0 Å². The van der Waals surface area contributed by atoms with E-state index in [9.17, 15) is 4.79 Å². The van der Waals surface area contributed by atoms with Gasteiger partial charge in [0, 0.05) is 19.1 Å². The third-order valence-corrected chi connectivity index (χ3v) is 4.72. The molecule has 1 atom stereocenters. The van der Waals surface area contributed by atoms with Crippen LogP contribution in [0.1, 0.15) is 58.8 Å². The van der Waals surface area contributed by atoms with Gasteiger partial charge in [-0.25, -0.2) is 0 Å². The Morgan fingerprint density at radius 3 is 2.56 bits per heavy atom. The predicted octanol–water partition coefficient (Wildman–Crippen LogP) is 2.56. The summed E-state index contributed by atoms with van der Waals surface area (Å²) in [4.78, 5) is 14.1. The molecule has 1 heterocycles. The molecule has 1 unspecified atom stereocenters. The summed E-state index contributed by atoms with van der Waals surface area (Å²) in [6, 6.07) is 0.514. The number of piperidine rings is 1. The van der Waals surface area contributed by atoms with Gasteiger partial charge in [-0.05, 0) is 37.5 Å². The summed E-state index contributed by atoms with van der Waals surface area (Å²) in [6.45, 7) is 7.13. The summed E-state index contributed by atoms with van der Waals surface area (Å²) in [7, 11) is 0. The number of nitrogens with one attached hydrogen (secondary N) is 1. The maximum atomic E-state index is 12.1. The van der Waals surface area contributed by atoms with E-state index < -0.39 is 0 Å². The fourth-order valence-corrected chi connectivity index (χ4v) is 3.34. The normalized spacial score (nSPS) is 28.1. The Morgan fingerprint density at radius 1 is 1.17 bits per heavy atom. The van der Waals surface area contributed by atoms with Gasteiger partial charge in [-0.15, -0.1) is 0 Å². The van der Waals surface area contributed by atoms with Crippen molar-refractivity contribution in [2.24, 2.45) is 5.41 Å². The van der Waals surface area contributed by atoms with E-state index in [0.29, 0.717) is 23.9 Å². The van der Waals surface area contributed by atoms with Crippen LogP contribution < -0.4 is 5.32 Å². The number of nitrogens with zero attached hydrogens (tertiary/aromatic N) is 1. The van der Waals surface area contributed by atoms with Crippen molar-refractivity contribution in [1.29, 1.82) is 0 Å². The van der Waals surface area contributed by atoms with Gasteiger partial charge in [0.1, 0.15) is 0 Å². The van der Waals surface area contributed by atoms with Crippen LogP contribution in [0.15, 0.2) is 0 Å². The minimum atomic E-state index is 0.302. The van der Waals surface area contributed by atoms with Crippen LogP contribution in [0.2, 0.25) is 0 Å². The van der Waals surface area contributed by atoms with Gasteiger partial charge < -0.3 is 10.2 Å². The molecule has 1 aliphatic carbocycles. The van der Waals surface area contributed by atoms with Gasteiger partial charge in [0.2, 0.25) is 5.91 Å². The van der Waals surface area contributed by atoms with Crippen molar-refractivity contribution in [3.05, 3.63) is 0 Å². The van der Waals surface area contributed by atoms with Crippen molar-refractivity contribution in [3.63, 3.8) is 0 Å². The maximum Gasteiger partial charge on any atom is 0.236 e. The molecular formula is C15H28N2O. The fourth-order valence-electron chi connectivity index (χ4n) is 3.34. The second kappa shape index (κ2) is 6.05. The van der Waals surface area contributed by atoms with Crippen LogP contribution in [0.4, 0.5) is 0 Å². The van der Waals surface area contributed by atoms with Crippen molar-refractivity contribution < 1.29 is 4.79 Å². The molecule has 2 aliphatic rings. The molecule has 1 saturated carbocycles. The van der Waals surface area contributed by atoms with E-state index in [2.05, 4.69) is 19.2 Å². The SMILES string of the molecule is CC1(C)CCCCC1NCC(=O)N1CCCCC1. The number of hydrogen-bond acceptors (Lipinski definition) is 2. The first-order valence-corrected chi connectivity index (χ1v) is 7.61. The van der Waals surface area contributed by atoms with Crippen molar-refractivity contribution in [2.75, 3.05) is 19.6 Å². The summed E-state index contributed by atoms with van der Waals surface area (Å²) >= 11 is 0. The standard InChI is InChI=1S/C15H28N2O/c1-15(2)9-5-4-8-13(15)16-12-14(18)17-10-6-3-7-11-17/h13,16H,3-12H2,1-2H3. The zero-order valence-corrected chi connectivity index (χ0v) is 12.0. The highest BCUT2D eigenvalue weighted by Crippen LogP contribution is 2.35. The summed E-state index contributed by atoms with van der Waals surface area (Å²) in [6.07, 6.45) is 8.79. The quantitative estimate of drug-likeness (QED) is 0.837. The molecule has 3 heteroatoms. The molecule has 1 N–H and O–H groups in total. The zero-order chi connectivity index (χ0) is 13.0. The molecule has 0 aromatic heterocycles. The molecule has 2 fully saturated rings. The lowest BCUT2D eigenvalue weighted by atomic mass is 9.73. The molecule has 0 radical (unpaired) electrons. The van der Waals surface area contributed by atoms with Gasteiger partial charge in [0.25, 0.3) is 0 Å². The number of hydrogen-bond donors (Lipinski definition) is 1. The molecule has 1 aliphatic heterocycles. The Kier molecular flexibility index (Phi) is 4.66. The second-order valence-electron chi connectivity index (χ2n) is 6.61. The van der Waals surface area contributed by atoms with E-state index >= 15 is 0 Å². The number of likely N-dealkylation sites (tertiary alicyclic amines) is 1. The molecule has 1 amide bonds. The average Bonchev–Trinajstić information content (AvgIpc) is 2.38. The molecule has 3 nitrogen and oxygen atoms in total. The third-order valence-electron chi connectivity index (χ3n) is 4.72. The third kappa shape index (κ3) is 3.47. The highest BCUT2D eigenvalue weighted by Gasteiger charge is 2.32. The molecular weight excluding hydrogens is 224 g/mol. The lowest BCUT2D eigenvalue weighted by Crippen LogP contribution is -2.49. The summed E-state index contributed by atoms with van der Waals surface area (Å²) < 4.78 is 0. The monoisotopic (exact) mass is 252 g/mol. The summed E-state index contributed by atoms with van der Waals surface area (Å²) in [5.74, 6) is 0.302. The second-order valence-corrected chi connectivity index (χ2v) is 6.61. The Morgan fingerprint density at radius 2 is 1.89 bits per heavy atom. The van der Waals surface area contributed by atoms with E-state index in [4.69, 9.17) is 0 Å². The maximum absolute atomic E-state index is 12.1. The molecule has 0 aromatic rings. The number of rotatable bonds is 3. The summed E-state index contributed by atoms with van der Waals surface area (Å²) in [5.41, 5.74) is 0.348. The van der Waals surface area contributed by atoms with Crippen LogP contribution >= 0.6 is 0 Å². The van der Waals surface area contributed by atoms with Crippen molar-refractivity contribution in [3.8, 4) is 0 Å². The Labute approximate surface area is 111 Å². The first-order valence-electron chi connectivity index (χ1n) is 7.61. The van der Waals surface area contributed by atoms with Gasteiger partial charge >= 0.3 is 0 Å². The predicted molar refractivity (Wildman–Crippen MR) is 74.5 cm³/mol. The smallest absolute Gasteiger partial charge is 0.236 e. The van der Waals surface area contributed by atoms with Crippen LogP contribution in [0, 0.1) is 5.41 Å². The topological polar surface area (TPSA) is 32.3 Å². The first-order chi connectivity index (χ1) is 8.59. The van der Waals surface area contributed by atoms with Gasteiger partial charge in [-0.2, -0.15) is 0 Å². The Hall–Kier alpha value is -0.570. The van der Waals surface area contributed by atoms with Crippen LogP contribution in [0.25, 0.3) is 0 Å². The highest BCUT2D eigenvalue weighted by molar-refractivity contribution is 5.78. The minimum absolute atomic E-state index is 0.302. The molecule has 104 valence electrons. The summed E-state index contributed by atoms with van der Waals surface area (Å²) in [5, 5.41) is 3.52. The van der Waals surface area contributed by atoms with E-state index in [1.54, 1.807) is 0 Å². The van der Waals surface area contributed by atoms with E-state index in [1.165, 1.54) is 44.9 Å². The molecule has 0 spiro atoms. The molecule has 2 rings (SSSR count). The Balaban J connectivity index is 1.77. The van der Waals surface area contributed by atoms with Gasteiger partial charge in [0.15, 0.2) is 0 Å². The first kappa shape index (κ1) is 13.9. The lowest BCUT2D eigenvalue weighted by Gasteiger charge is -2.39.